The number of rotatable bonds is 7. The quantitative estimate of drug-likeness (QED) is 0.796. The van der Waals surface area contributed by atoms with Gasteiger partial charge in [0.05, 0.1) is 18.8 Å². The van der Waals surface area contributed by atoms with E-state index in [1.165, 1.54) is 0 Å². The molecule has 0 aromatic heterocycles. The number of ether oxygens (including phenoxy) is 2. The summed E-state index contributed by atoms with van der Waals surface area (Å²) in [5.74, 6) is 1.49. The van der Waals surface area contributed by atoms with Gasteiger partial charge in [0.1, 0.15) is 0 Å². The molecule has 19 heavy (non-hydrogen) atoms. The number of nitrogens with one attached hydrogen (secondary N) is 1. The lowest BCUT2D eigenvalue weighted by Crippen LogP contribution is -2.34. The lowest BCUT2D eigenvalue weighted by Gasteiger charge is -2.18. The lowest BCUT2D eigenvalue weighted by atomic mass is 10.1. The SMILES string of the molecule is COc1cc(CNCC(C)(C)O)ccc1OC(C)C. The Hall–Kier alpha value is -1.26. The fourth-order valence-electron chi connectivity index (χ4n) is 1.69. The first kappa shape index (κ1) is 15.8. The Bertz CT molecular complexity index is 397. The number of hydrogen-bond acceptors (Lipinski definition) is 4. The Balaban J connectivity index is 2.66. The van der Waals surface area contributed by atoms with Gasteiger partial charge in [0.25, 0.3) is 0 Å². The molecule has 0 fully saturated rings. The van der Waals surface area contributed by atoms with Crippen LogP contribution in [0, 0.1) is 0 Å². The van der Waals surface area contributed by atoms with Gasteiger partial charge in [0, 0.05) is 13.1 Å². The molecule has 4 heteroatoms. The normalized spacial score (nSPS) is 11.7. The molecule has 1 aromatic carbocycles. The first-order chi connectivity index (χ1) is 8.81. The van der Waals surface area contributed by atoms with Crippen molar-refractivity contribution in [2.24, 2.45) is 0 Å². The van der Waals surface area contributed by atoms with E-state index in [1.807, 2.05) is 32.0 Å². The predicted molar refractivity (Wildman–Crippen MR) is 76.8 cm³/mol. The summed E-state index contributed by atoms with van der Waals surface area (Å²) >= 11 is 0. The fraction of sp³-hybridized carbons (Fsp3) is 0.600. The van der Waals surface area contributed by atoms with Gasteiger partial charge in [-0.05, 0) is 45.4 Å². The third-order valence-electron chi connectivity index (χ3n) is 2.48. The minimum Gasteiger partial charge on any atom is -0.493 e. The molecule has 4 nitrogen and oxygen atoms in total. The molecule has 0 spiro atoms. The van der Waals surface area contributed by atoms with Crippen molar-refractivity contribution in [2.45, 2.75) is 45.9 Å². The van der Waals surface area contributed by atoms with Crippen molar-refractivity contribution >= 4 is 0 Å². The third-order valence-corrected chi connectivity index (χ3v) is 2.48. The molecule has 0 aliphatic rings. The van der Waals surface area contributed by atoms with Crippen LogP contribution in [0.2, 0.25) is 0 Å². The maximum absolute atomic E-state index is 9.63. The predicted octanol–water partition coefficient (Wildman–Crippen LogP) is 2.34. The van der Waals surface area contributed by atoms with Gasteiger partial charge < -0.3 is 19.9 Å². The van der Waals surface area contributed by atoms with Crippen LogP contribution < -0.4 is 14.8 Å². The molecule has 0 heterocycles. The van der Waals surface area contributed by atoms with Crippen LogP contribution in [0.4, 0.5) is 0 Å². The third kappa shape index (κ3) is 5.94. The monoisotopic (exact) mass is 267 g/mol. The van der Waals surface area contributed by atoms with E-state index in [9.17, 15) is 5.11 Å². The van der Waals surface area contributed by atoms with Gasteiger partial charge in [-0.3, -0.25) is 0 Å². The molecule has 0 atom stereocenters. The van der Waals surface area contributed by atoms with Gasteiger partial charge in [-0.15, -0.1) is 0 Å². The molecule has 0 aliphatic heterocycles. The van der Waals surface area contributed by atoms with Crippen molar-refractivity contribution in [1.29, 1.82) is 0 Å². The van der Waals surface area contributed by atoms with Gasteiger partial charge in [-0.2, -0.15) is 0 Å². The maximum Gasteiger partial charge on any atom is 0.161 e. The number of methoxy groups -OCH3 is 1. The number of benzene rings is 1. The Kier molecular flexibility index (Phi) is 5.63. The molecular weight excluding hydrogens is 242 g/mol. The highest BCUT2D eigenvalue weighted by Gasteiger charge is 2.12. The molecule has 0 bridgehead atoms. The largest absolute Gasteiger partial charge is 0.493 e. The second kappa shape index (κ2) is 6.78. The summed E-state index contributed by atoms with van der Waals surface area (Å²) in [7, 11) is 1.64. The van der Waals surface area contributed by atoms with E-state index in [4.69, 9.17) is 9.47 Å². The highest BCUT2D eigenvalue weighted by Crippen LogP contribution is 2.28. The molecule has 0 saturated carbocycles. The molecule has 2 N–H and O–H groups in total. The molecule has 1 rings (SSSR count). The van der Waals surface area contributed by atoms with Crippen LogP contribution in [0.3, 0.4) is 0 Å². The minimum atomic E-state index is -0.704. The Morgan fingerprint density at radius 3 is 2.47 bits per heavy atom. The summed E-state index contributed by atoms with van der Waals surface area (Å²) in [5.41, 5.74) is 0.391. The van der Waals surface area contributed by atoms with Crippen LogP contribution in [0.15, 0.2) is 18.2 Å². The molecule has 0 radical (unpaired) electrons. The molecule has 1 aromatic rings. The summed E-state index contributed by atoms with van der Waals surface area (Å²) in [4.78, 5) is 0. The lowest BCUT2D eigenvalue weighted by molar-refractivity contribution is 0.0795. The molecular formula is C15H25NO3. The Labute approximate surface area is 115 Å². The zero-order valence-electron chi connectivity index (χ0n) is 12.5. The molecule has 0 saturated heterocycles. The van der Waals surface area contributed by atoms with E-state index in [-0.39, 0.29) is 6.10 Å². The topological polar surface area (TPSA) is 50.7 Å². The number of hydrogen-bond donors (Lipinski definition) is 2. The van der Waals surface area contributed by atoms with Crippen LogP contribution in [0.1, 0.15) is 33.3 Å². The van der Waals surface area contributed by atoms with Crippen molar-refractivity contribution < 1.29 is 14.6 Å². The average molecular weight is 267 g/mol. The Morgan fingerprint density at radius 2 is 1.95 bits per heavy atom. The fourth-order valence-corrected chi connectivity index (χ4v) is 1.69. The highest BCUT2D eigenvalue weighted by molar-refractivity contribution is 5.43. The highest BCUT2D eigenvalue weighted by atomic mass is 16.5. The van der Waals surface area contributed by atoms with E-state index >= 15 is 0 Å². The molecule has 0 amide bonds. The van der Waals surface area contributed by atoms with Crippen molar-refractivity contribution in [3.63, 3.8) is 0 Å². The van der Waals surface area contributed by atoms with E-state index in [2.05, 4.69) is 5.32 Å². The van der Waals surface area contributed by atoms with Gasteiger partial charge in [-0.25, -0.2) is 0 Å². The summed E-state index contributed by atoms with van der Waals surface area (Å²) in [5, 5.41) is 12.8. The van der Waals surface area contributed by atoms with Crippen molar-refractivity contribution in [1.82, 2.24) is 5.32 Å². The van der Waals surface area contributed by atoms with Gasteiger partial charge in [-0.1, -0.05) is 6.07 Å². The van der Waals surface area contributed by atoms with E-state index < -0.39 is 5.60 Å². The minimum absolute atomic E-state index is 0.119. The van der Waals surface area contributed by atoms with Crippen LogP contribution in [0.5, 0.6) is 11.5 Å². The van der Waals surface area contributed by atoms with Crippen molar-refractivity contribution in [2.75, 3.05) is 13.7 Å². The number of aliphatic hydroxyl groups is 1. The summed E-state index contributed by atoms with van der Waals surface area (Å²) in [6.07, 6.45) is 0.119. The second-order valence-electron chi connectivity index (χ2n) is 5.57. The summed E-state index contributed by atoms with van der Waals surface area (Å²) < 4.78 is 11.0. The summed E-state index contributed by atoms with van der Waals surface area (Å²) in [6.45, 7) is 8.75. The zero-order valence-corrected chi connectivity index (χ0v) is 12.5. The first-order valence-corrected chi connectivity index (χ1v) is 6.58. The van der Waals surface area contributed by atoms with Crippen LogP contribution in [-0.4, -0.2) is 30.5 Å². The summed E-state index contributed by atoms with van der Waals surface area (Å²) in [6, 6.07) is 5.87. The average Bonchev–Trinajstić information content (AvgIpc) is 2.28. The molecule has 108 valence electrons. The van der Waals surface area contributed by atoms with Gasteiger partial charge >= 0.3 is 0 Å². The molecule has 0 unspecified atom stereocenters. The van der Waals surface area contributed by atoms with Gasteiger partial charge in [0.2, 0.25) is 0 Å². The van der Waals surface area contributed by atoms with Crippen LogP contribution in [-0.2, 0) is 6.54 Å². The Morgan fingerprint density at radius 1 is 1.26 bits per heavy atom. The van der Waals surface area contributed by atoms with Crippen molar-refractivity contribution in [3.8, 4) is 11.5 Å². The standard InChI is InChI=1S/C15H25NO3/c1-11(2)19-13-7-6-12(8-14(13)18-5)9-16-10-15(3,4)17/h6-8,11,16-17H,9-10H2,1-5H3. The first-order valence-electron chi connectivity index (χ1n) is 6.58. The van der Waals surface area contributed by atoms with Crippen LogP contribution in [0.25, 0.3) is 0 Å². The van der Waals surface area contributed by atoms with E-state index in [0.29, 0.717) is 13.1 Å². The molecule has 0 aliphatic carbocycles. The second-order valence-corrected chi connectivity index (χ2v) is 5.57. The van der Waals surface area contributed by atoms with E-state index in [0.717, 1.165) is 17.1 Å². The smallest absolute Gasteiger partial charge is 0.161 e. The zero-order chi connectivity index (χ0) is 14.5. The van der Waals surface area contributed by atoms with Crippen LogP contribution >= 0.6 is 0 Å². The van der Waals surface area contributed by atoms with E-state index in [1.54, 1.807) is 21.0 Å². The van der Waals surface area contributed by atoms with Gasteiger partial charge in [0.15, 0.2) is 11.5 Å². The van der Waals surface area contributed by atoms with Crippen molar-refractivity contribution in [3.05, 3.63) is 23.8 Å². The maximum atomic E-state index is 9.63.